The van der Waals surface area contributed by atoms with Gasteiger partial charge >= 0.3 is 0 Å². The first kappa shape index (κ1) is 10.1. The third-order valence-electron chi connectivity index (χ3n) is 2.32. The molecule has 1 atom stereocenters. The second kappa shape index (κ2) is 4.28. The highest BCUT2D eigenvalue weighted by molar-refractivity contribution is 5.47. The van der Waals surface area contributed by atoms with Gasteiger partial charge in [-0.3, -0.25) is 0 Å². The van der Waals surface area contributed by atoms with E-state index in [1.807, 2.05) is 7.05 Å². The minimum atomic E-state index is 0.417. The number of anilines is 1. The van der Waals surface area contributed by atoms with Crippen molar-refractivity contribution in [3.8, 4) is 0 Å². The summed E-state index contributed by atoms with van der Waals surface area (Å²) < 4.78 is 0. The molecule has 1 aromatic carbocycles. The highest BCUT2D eigenvalue weighted by atomic mass is 15.1. The van der Waals surface area contributed by atoms with Gasteiger partial charge < -0.3 is 10.2 Å². The quantitative estimate of drug-likeness (QED) is 0.762. The zero-order valence-corrected chi connectivity index (χ0v) is 8.83. The van der Waals surface area contributed by atoms with Crippen LogP contribution in [0.5, 0.6) is 0 Å². The Hall–Kier alpha value is -1.02. The summed E-state index contributed by atoms with van der Waals surface area (Å²) in [6, 6.07) is 8.99. The third kappa shape index (κ3) is 2.46. The predicted octanol–water partition coefficient (Wildman–Crippen LogP) is 2.03. The molecule has 0 aliphatic heterocycles. The van der Waals surface area contributed by atoms with Gasteiger partial charge in [-0.2, -0.15) is 0 Å². The largest absolute Gasteiger partial charge is 0.378 e. The molecular weight excluding hydrogens is 160 g/mol. The minimum absolute atomic E-state index is 0.417. The summed E-state index contributed by atoms with van der Waals surface area (Å²) >= 11 is 0. The molecule has 2 nitrogen and oxygen atoms in total. The van der Waals surface area contributed by atoms with Crippen molar-refractivity contribution in [3.05, 3.63) is 29.8 Å². The molecule has 2 heteroatoms. The maximum Gasteiger partial charge on any atom is 0.0364 e. The van der Waals surface area contributed by atoms with Gasteiger partial charge in [0, 0.05) is 25.8 Å². The van der Waals surface area contributed by atoms with Gasteiger partial charge in [0.2, 0.25) is 0 Å². The van der Waals surface area contributed by atoms with Crippen LogP contribution in [0.15, 0.2) is 24.3 Å². The molecule has 0 radical (unpaired) electrons. The van der Waals surface area contributed by atoms with E-state index >= 15 is 0 Å². The van der Waals surface area contributed by atoms with Crippen molar-refractivity contribution in [1.29, 1.82) is 0 Å². The molecule has 0 unspecified atom stereocenters. The lowest BCUT2D eigenvalue weighted by atomic mass is 10.1. The fraction of sp³-hybridized carbons (Fsp3) is 0.455. The standard InChI is InChI=1S/C11H18N2/c1-9(12-2)10-6-5-7-11(8-10)13(3)4/h5-9,12H,1-4H3/t9-/m1/s1. The maximum absolute atomic E-state index is 3.23. The first-order valence-corrected chi connectivity index (χ1v) is 4.59. The van der Waals surface area contributed by atoms with Crippen molar-refractivity contribution < 1.29 is 0 Å². The van der Waals surface area contributed by atoms with E-state index in [1.54, 1.807) is 0 Å². The molecule has 0 saturated heterocycles. The summed E-state index contributed by atoms with van der Waals surface area (Å²) in [6.45, 7) is 2.16. The number of nitrogens with zero attached hydrogens (tertiary/aromatic N) is 1. The van der Waals surface area contributed by atoms with Gasteiger partial charge in [0.25, 0.3) is 0 Å². The molecule has 0 bridgehead atoms. The van der Waals surface area contributed by atoms with Crippen LogP contribution in [0.4, 0.5) is 5.69 Å². The van der Waals surface area contributed by atoms with Crippen LogP contribution in [-0.4, -0.2) is 21.1 Å². The average Bonchev–Trinajstić information content (AvgIpc) is 2.17. The van der Waals surface area contributed by atoms with E-state index in [4.69, 9.17) is 0 Å². The molecule has 0 heterocycles. The van der Waals surface area contributed by atoms with Gasteiger partial charge in [-0.1, -0.05) is 12.1 Å². The smallest absolute Gasteiger partial charge is 0.0364 e. The molecule has 0 saturated carbocycles. The van der Waals surface area contributed by atoms with E-state index in [0.717, 1.165) is 0 Å². The Morgan fingerprint density at radius 3 is 2.54 bits per heavy atom. The van der Waals surface area contributed by atoms with Crippen LogP contribution in [0.3, 0.4) is 0 Å². The van der Waals surface area contributed by atoms with Crippen LogP contribution < -0.4 is 10.2 Å². The molecule has 72 valence electrons. The molecule has 0 aliphatic rings. The van der Waals surface area contributed by atoms with E-state index in [2.05, 4.69) is 55.5 Å². The van der Waals surface area contributed by atoms with Crippen LogP contribution in [0.1, 0.15) is 18.5 Å². The van der Waals surface area contributed by atoms with Gasteiger partial charge in [-0.15, -0.1) is 0 Å². The average molecular weight is 178 g/mol. The van der Waals surface area contributed by atoms with E-state index < -0.39 is 0 Å². The summed E-state index contributed by atoms with van der Waals surface area (Å²) in [6.07, 6.45) is 0. The van der Waals surface area contributed by atoms with Gasteiger partial charge in [-0.05, 0) is 31.7 Å². The van der Waals surface area contributed by atoms with Crippen LogP contribution in [0.2, 0.25) is 0 Å². The van der Waals surface area contributed by atoms with Crippen LogP contribution in [0, 0.1) is 0 Å². The number of nitrogens with one attached hydrogen (secondary N) is 1. The van der Waals surface area contributed by atoms with Gasteiger partial charge in [0.15, 0.2) is 0 Å². The molecule has 0 aliphatic carbocycles. The van der Waals surface area contributed by atoms with Gasteiger partial charge in [0.05, 0.1) is 0 Å². The first-order chi connectivity index (χ1) is 6.15. The number of hydrogen-bond donors (Lipinski definition) is 1. The number of rotatable bonds is 3. The molecular formula is C11H18N2. The zero-order valence-electron chi connectivity index (χ0n) is 8.83. The maximum atomic E-state index is 3.23. The number of benzene rings is 1. The van der Waals surface area contributed by atoms with Crippen molar-refractivity contribution in [1.82, 2.24) is 5.32 Å². The predicted molar refractivity (Wildman–Crippen MR) is 58.2 cm³/mol. The second-order valence-corrected chi connectivity index (χ2v) is 3.50. The van der Waals surface area contributed by atoms with Crippen LogP contribution in [-0.2, 0) is 0 Å². The highest BCUT2D eigenvalue weighted by Crippen LogP contribution is 2.18. The third-order valence-corrected chi connectivity index (χ3v) is 2.32. The summed E-state index contributed by atoms with van der Waals surface area (Å²) in [5.41, 5.74) is 2.58. The molecule has 1 aromatic rings. The van der Waals surface area contributed by atoms with Crippen molar-refractivity contribution in [2.24, 2.45) is 0 Å². The Bertz CT molecular complexity index is 269. The van der Waals surface area contributed by atoms with Crippen molar-refractivity contribution in [2.75, 3.05) is 26.0 Å². The van der Waals surface area contributed by atoms with Gasteiger partial charge in [0.1, 0.15) is 0 Å². The minimum Gasteiger partial charge on any atom is -0.378 e. The van der Waals surface area contributed by atoms with E-state index in [1.165, 1.54) is 11.3 Å². The lowest BCUT2D eigenvalue weighted by molar-refractivity contribution is 0.652. The second-order valence-electron chi connectivity index (χ2n) is 3.50. The summed E-state index contributed by atoms with van der Waals surface area (Å²) in [7, 11) is 6.10. The fourth-order valence-corrected chi connectivity index (χ4v) is 1.24. The zero-order chi connectivity index (χ0) is 9.84. The molecule has 0 spiro atoms. The van der Waals surface area contributed by atoms with E-state index in [-0.39, 0.29) is 0 Å². The molecule has 0 amide bonds. The molecule has 1 rings (SSSR count). The number of hydrogen-bond acceptors (Lipinski definition) is 2. The highest BCUT2D eigenvalue weighted by Gasteiger charge is 2.03. The molecule has 1 N–H and O–H groups in total. The lowest BCUT2D eigenvalue weighted by Crippen LogP contribution is -2.14. The topological polar surface area (TPSA) is 15.3 Å². The molecule has 0 fully saturated rings. The Labute approximate surface area is 80.6 Å². The van der Waals surface area contributed by atoms with Crippen molar-refractivity contribution in [3.63, 3.8) is 0 Å². The van der Waals surface area contributed by atoms with Crippen LogP contribution >= 0.6 is 0 Å². The van der Waals surface area contributed by atoms with Crippen LogP contribution in [0.25, 0.3) is 0 Å². The van der Waals surface area contributed by atoms with Crippen molar-refractivity contribution >= 4 is 5.69 Å². The molecule has 0 aromatic heterocycles. The Morgan fingerprint density at radius 1 is 1.31 bits per heavy atom. The Kier molecular flexibility index (Phi) is 3.32. The first-order valence-electron chi connectivity index (χ1n) is 4.59. The Balaban J connectivity index is 2.91. The normalized spacial score (nSPS) is 12.6. The summed E-state index contributed by atoms with van der Waals surface area (Å²) in [4.78, 5) is 2.12. The van der Waals surface area contributed by atoms with E-state index in [0.29, 0.717) is 6.04 Å². The lowest BCUT2D eigenvalue weighted by Gasteiger charge is -2.16. The van der Waals surface area contributed by atoms with E-state index in [9.17, 15) is 0 Å². The summed E-state index contributed by atoms with van der Waals surface area (Å²) in [5, 5.41) is 3.23. The van der Waals surface area contributed by atoms with Crippen molar-refractivity contribution in [2.45, 2.75) is 13.0 Å². The monoisotopic (exact) mass is 178 g/mol. The summed E-state index contributed by atoms with van der Waals surface area (Å²) in [5.74, 6) is 0. The van der Waals surface area contributed by atoms with Gasteiger partial charge in [-0.25, -0.2) is 0 Å². The SMILES string of the molecule is CN[C@H](C)c1cccc(N(C)C)c1. The molecule has 13 heavy (non-hydrogen) atoms. The fourth-order valence-electron chi connectivity index (χ4n) is 1.24. The Morgan fingerprint density at radius 2 is 2.00 bits per heavy atom.